The van der Waals surface area contributed by atoms with Gasteiger partial charge in [0.05, 0.1) is 11.0 Å². The van der Waals surface area contributed by atoms with Crippen molar-refractivity contribution in [3.63, 3.8) is 0 Å². The molecule has 0 aliphatic rings. The Hall–Kier alpha value is -3.34. The van der Waals surface area contributed by atoms with E-state index in [9.17, 15) is 10.0 Å². The van der Waals surface area contributed by atoms with Crippen LogP contribution in [0.4, 0.5) is 0 Å². The van der Waals surface area contributed by atoms with Crippen LogP contribution in [0.15, 0.2) is 73.3 Å². The minimum absolute atomic E-state index is 0.471. The van der Waals surface area contributed by atoms with Gasteiger partial charge in [-0.3, -0.25) is 0 Å². The summed E-state index contributed by atoms with van der Waals surface area (Å²) in [5.74, 6) is 0. The van der Waals surface area contributed by atoms with E-state index in [1.165, 1.54) is 27.1 Å². The molecule has 0 fully saturated rings. The smallest absolute Gasteiger partial charge is 0.423 e. The Balaban J connectivity index is 2.02. The van der Waals surface area contributed by atoms with E-state index in [0.717, 1.165) is 22.3 Å². The number of nitrogens with zero attached hydrogens (tertiary/aromatic N) is 1. The van der Waals surface area contributed by atoms with Gasteiger partial charge in [0.25, 0.3) is 0 Å². The van der Waals surface area contributed by atoms with Gasteiger partial charge in [-0.25, -0.2) is 0 Å². The zero-order chi connectivity index (χ0) is 20.1. The monoisotopic (exact) mass is 377 g/mol. The maximum absolute atomic E-state index is 9.65. The van der Waals surface area contributed by atoms with Crippen LogP contribution < -0.4 is 5.46 Å². The summed E-state index contributed by atoms with van der Waals surface area (Å²) in [5.41, 5.74) is 5.86. The molecule has 0 radical (unpaired) electrons. The summed E-state index contributed by atoms with van der Waals surface area (Å²) in [5, 5.41) is 24.1. The predicted octanol–water partition coefficient (Wildman–Crippen LogP) is 4.73. The Bertz CT molecular complexity index is 1410. The molecular weight excluding hydrogens is 357 g/mol. The molecule has 0 spiro atoms. The fourth-order valence-electron chi connectivity index (χ4n) is 4.52. The van der Waals surface area contributed by atoms with Crippen LogP contribution in [0, 0.1) is 0 Å². The number of rotatable bonds is 4. The highest BCUT2D eigenvalue weighted by Gasteiger charge is 2.21. The maximum atomic E-state index is 9.65. The Morgan fingerprint density at radius 3 is 2.07 bits per heavy atom. The molecule has 1 aromatic heterocycles. The molecule has 4 heteroatoms. The molecule has 2 N–H and O–H groups in total. The van der Waals surface area contributed by atoms with Crippen molar-refractivity contribution in [1.29, 1.82) is 0 Å². The van der Waals surface area contributed by atoms with Gasteiger partial charge < -0.3 is 14.6 Å². The molecule has 0 unspecified atom stereocenters. The molecule has 5 rings (SSSR count). The SMILES string of the molecule is C=Cc1c(/C=C\C)c2cccc3c2c2c1cccc2n3-c1cccc(B(O)O)c1. The first-order valence-electron chi connectivity index (χ1n) is 9.68. The normalized spacial score (nSPS) is 12.0. The lowest BCUT2D eigenvalue weighted by Crippen LogP contribution is -2.29. The van der Waals surface area contributed by atoms with E-state index in [-0.39, 0.29) is 0 Å². The Labute approximate surface area is 169 Å². The molecule has 0 saturated heterocycles. The molecule has 4 aromatic carbocycles. The predicted molar refractivity (Wildman–Crippen MR) is 124 cm³/mol. The molecule has 5 aromatic rings. The van der Waals surface area contributed by atoms with Crippen molar-refractivity contribution < 1.29 is 10.0 Å². The van der Waals surface area contributed by atoms with Crippen molar-refractivity contribution in [2.24, 2.45) is 0 Å². The van der Waals surface area contributed by atoms with Gasteiger partial charge in [-0.05, 0) is 58.6 Å². The summed E-state index contributed by atoms with van der Waals surface area (Å²) in [4.78, 5) is 0. The fourth-order valence-corrected chi connectivity index (χ4v) is 4.52. The summed E-state index contributed by atoms with van der Waals surface area (Å²) in [6.45, 7) is 6.11. The van der Waals surface area contributed by atoms with Crippen molar-refractivity contribution in [2.45, 2.75) is 6.92 Å². The third-order valence-corrected chi connectivity index (χ3v) is 5.65. The summed E-state index contributed by atoms with van der Waals surface area (Å²) in [6.07, 6.45) is 6.14. The third kappa shape index (κ3) is 2.47. The number of hydrogen-bond donors (Lipinski definition) is 2. The topological polar surface area (TPSA) is 45.4 Å². The molecule has 0 saturated carbocycles. The standard InChI is InChI=1S/C25H20BNO2/c1-3-8-19-18(4-2)20-11-6-13-22-24(20)25-21(19)12-7-14-23(25)27(22)17-10-5-9-16(15-17)26(28)29/h3-15,28-29H,2H2,1H3/b8-3-. The third-order valence-electron chi connectivity index (χ3n) is 5.65. The van der Waals surface area contributed by atoms with Crippen LogP contribution in [0.3, 0.4) is 0 Å². The highest BCUT2D eigenvalue weighted by molar-refractivity contribution is 6.58. The van der Waals surface area contributed by atoms with E-state index in [1.807, 2.05) is 31.2 Å². The minimum Gasteiger partial charge on any atom is -0.423 e. The quantitative estimate of drug-likeness (QED) is 0.351. The number of allylic oxidation sites excluding steroid dienone is 1. The van der Waals surface area contributed by atoms with Crippen molar-refractivity contribution in [2.75, 3.05) is 0 Å². The minimum atomic E-state index is -1.50. The molecule has 0 aliphatic carbocycles. The lowest BCUT2D eigenvalue weighted by molar-refractivity contribution is 0.426. The Kier molecular flexibility index (Phi) is 4.05. The van der Waals surface area contributed by atoms with Gasteiger partial charge in [0.15, 0.2) is 0 Å². The maximum Gasteiger partial charge on any atom is 0.488 e. The van der Waals surface area contributed by atoms with E-state index in [0.29, 0.717) is 5.46 Å². The molecular formula is C25H20BNO2. The zero-order valence-corrected chi connectivity index (χ0v) is 16.1. The zero-order valence-electron chi connectivity index (χ0n) is 16.1. The van der Waals surface area contributed by atoms with Crippen LogP contribution in [0.2, 0.25) is 0 Å². The second-order valence-electron chi connectivity index (χ2n) is 7.23. The average Bonchev–Trinajstić information content (AvgIpc) is 3.08. The molecule has 29 heavy (non-hydrogen) atoms. The van der Waals surface area contributed by atoms with E-state index >= 15 is 0 Å². The number of benzene rings is 4. The van der Waals surface area contributed by atoms with E-state index in [4.69, 9.17) is 0 Å². The van der Waals surface area contributed by atoms with Crippen LogP contribution in [0.25, 0.3) is 50.4 Å². The first-order chi connectivity index (χ1) is 14.2. The van der Waals surface area contributed by atoms with Gasteiger partial charge in [-0.1, -0.05) is 61.2 Å². The first kappa shape index (κ1) is 17.7. The van der Waals surface area contributed by atoms with Crippen molar-refractivity contribution in [3.8, 4) is 5.69 Å². The van der Waals surface area contributed by atoms with Gasteiger partial charge in [0, 0.05) is 16.5 Å². The lowest BCUT2D eigenvalue weighted by atomic mass is 9.80. The summed E-state index contributed by atoms with van der Waals surface area (Å²) >= 11 is 0. The number of hydrogen-bond acceptors (Lipinski definition) is 2. The van der Waals surface area contributed by atoms with E-state index in [2.05, 4.69) is 59.7 Å². The largest absolute Gasteiger partial charge is 0.488 e. The van der Waals surface area contributed by atoms with Gasteiger partial charge in [-0.2, -0.15) is 0 Å². The highest BCUT2D eigenvalue weighted by atomic mass is 16.4. The summed E-state index contributed by atoms with van der Waals surface area (Å²) in [6, 6.07) is 20.1. The highest BCUT2D eigenvalue weighted by Crippen LogP contribution is 2.43. The molecule has 140 valence electrons. The molecule has 1 heterocycles. The van der Waals surface area contributed by atoms with Crippen molar-refractivity contribution in [1.82, 2.24) is 4.57 Å². The van der Waals surface area contributed by atoms with Crippen LogP contribution in [-0.4, -0.2) is 21.7 Å². The van der Waals surface area contributed by atoms with Gasteiger partial charge in [0.1, 0.15) is 0 Å². The average molecular weight is 377 g/mol. The molecule has 0 atom stereocenters. The first-order valence-corrected chi connectivity index (χ1v) is 9.68. The van der Waals surface area contributed by atoms with Crippen molar-refractivity contribution in [3.05, 3.63) is 84.4 Å². The molecule has 0 amide bonds. The van der Waals surface area contributed by atoms with E-state index in [1.54, 1.807) is 6.07 Å². The van der Waals surface area contributed by atoms with Crippen molar-refractivity contribution >= 4 is 57.3 Å². The number of aromatic nitrogens is 1. The van der Waals surface area contributed by atoms with Crippen LogP contribution in [0.1, 0.15) is 18.1 Å². The Morgan fingerprint density at radius 2 is 1.48 bits per heavy atom. The molecule has 0 bridgehead atoms. The van der Waals surface area contributed by atoms with Crippen LogP contribution in [-0.2, 0) is 0 Å². The second kappa shape index (κ2) is 6.62. The van der Waals surface area contributed by atoms with E-state index < -0.39 is 7.12 Å². The molecule has 3 nitrogen and oxygen atoms in total. The van der Waals surface area contributed by atoms with Crippen LogP contribution in [0.5, 0.6) is 0 Å². The fraction of sp³-hybridized carbons (Fsp3) is 0.0400. The lowest BCUT2D eigenvalue weighted by Gasteiger charge is -2.11. The summed E-state index contributed by atoms with van der Waals surface area (Å²) < 4.78 is 2.20. The Morgan fingerprint density at radius 1 is 0.862 bits per heavy atom. The van der Waals surface area contributed by atoms with Gasteiger partial charge in [0.2, 0.25) is 0 Å². The second-order valence-corrected chi connectivity index (χ2v) is 7.23. The molecule has 0 aliphatic heterocycles. The summed E-state index contributed by atoms with van der Waals surface area (Å²) in [7, 11) is -1.50. The van der Waals surface area contributed by atoms with Gasteiger partial charge in [-0.15, -0.1) is 0 Å². The van der Waals surface area contributed by atoms with Gasteiger partial charge >= 0.3 is 7.12 Å². The van der Waals surface area contributed by atoms with Crippen LogP contribution >= 0.6 is 0 Å².